The summed E-state index contributed by atoms with van der Waals surface area (Å²) in [5.74, 6) is -0.162. The van der Waals surface area contributed by atoms with Crippen LogP contribution >= 0.6 is 11.6 Å². The first-order valence-corrected chi connectivity index (χ1v) is 5.91. The molecule has 1 aromatic carbocycles. The molecule has 0 aromatic heterocycles. The number of hydrogen-bond acceptors (Lipinski definition) is 3. The molecule has 2 N–H and O–H groups in total. The Bertz CT molecular complexity index is 504. The number of nitrogen functional groups attached to an aromatic ring is 1. The van der Waals surface area contributed by atoms with E-state index in [0.717, 1.165) is 5.56 Å². The Morgan fingerprint density at radius 1 is 1.28 bits per heavy atom. The number of halogens is 1. The van der Waals surface area contributed by atoms with Gasteiger partial charge >= 0.3 is 0 Å². The van der Waals surface area contributed by atoms with Crippen molar-refractivity contribution in [1.82, 2.24) is 9.80 Å². The van der Waals surface area contributed by atoms with Gasteiger partial charge in [0.25, 0.3) is 0 Å². The average molecular weight is 268 g/mol. The first kappa shape index (κ1) is 12.7. The van der Waals surface area contributed by atoms with Crippen molar-refractivity contribution in [3.63, 3.8) is 0 Å². The fourth-order valence-electron chi connectivity index (χ4n) is 1.83. The van der Waals surface area contributed by atoms with Gasteiger partial charge in [0.05, 0.1) is 6.54 Å². The molecule has 1 fully saturated rings. The number of rotatable bonds is 2. The van der Waals surface area contributed by atoms with Crippen LogP contribution in [-0.2, 0) is 16.1 Å². The van der Waals surface area contributed by atoms with E-state index >= 15 is 0 Å². The van der Waals surface area contributed by atoms with Crippen molar-refractivity contribution in [2.45, 2.75) is 6.54 Å². The summed E-state index contributed by atoms with van der Waals surface area (Å²) in [6, 6.07) is 5.11. The lowest BCUT2D eigenvalue weighted by Crippen LogP contribution is -2.51. The number of nitrogens with two attached hydrogens (primary N) is 1. The third-order valence-electron chi connectivity index (χ3n) is 2.91. The van der Waals surface area contributed by atoms with Crippen LogP contribution in [0.15, 0.2) is 18.2 Å². The number of nitrogens with zero attached hydrogens (tertiary/aromatic N) is 2. The number of amides is 2. The van der Waals surface area contributed by atoms with Gasteiger partial charge < -0.3 is 15.5 Å². The zero-order valence-electron chi connectivity index (χ0n) is 10.0. The number of anilines is 1. The molecule has 6 heteroatoms. The lowest BCUT2D eigenvalue weighted by molar-refractivity contribution is -0.149. The maximum absolute atomic E-state index is 11.8. The number of benzene rings is 1. The molecular formula is C12H14ClN3O2. The van der Waals surface area contributed by atoms with Gasteiger partial charge in [0.2, 0.25) is 11.8 Å². The average Bonchev–Trinajstić information content (AvgIpc) is 2.30. The summed E-state index contributed by atoms with van der Waals surface area (Å²) in [5.41, 5.74) is 7.02. The Labute approximate surface area is 110 Å². The second kappa shape index (κ2) is 4.86. The van der Waals surface area contributed by atoms with E-state index in [1.54, 1.807) is 25.2 Å². The highest BCUT2D eigenvalue weighted by Crippen LogP contribution is 2.21. The first-order chi connectivity index (χ1) is 8.47. The molecule has 2 rings (SSSR count). The zero-order chi connectivity index (χ0) is 13.3. The van der Waals surface area contributed by atoms with Crippen LogP contribution < -0.4 is 5.73 Å². The van der Waals surface area contributed by atoms with Gasteiger partial charge in [0, 0.05) is 24.3 Å². The van der Waals surface area contributed by atoms with Crippen LogP contribution in [0.1, 0.15) is 5.56 Å². The molecule has 5 nitrogen and oxygen atoms in total. The summed E-state index contributed by atoms with van der Waals surface area (Å²) in [7, 11) is 1.62. The maximum Gasteiger partial charge on any atom is 0.242 e. The third-order valence-corrected chi connectivity index (χ3v) is 3.28. The summed E-state index contributed by atoms with van der Waals surface area (Å²) in [5, 5.41) is 0.545. The van der Waals surface area contributed by atoms with Gasteiger partial charge in [-0.15, -0.1) is 0 Å². The minimum atomic E-state index is -0.0874. The van der Waals surface area contributed by atoms with Crippen molar-refractivity contribution in [1.29, 1.82) is 0 Å². The van der Waals surface area contributed by atoms with Crippen molar-refractivity contribution in [3.05, 3.63) is 28.8 Å². The van der Waals surface area contributed by atoms with Gasteiger partial charge in [-0.2, -0.15) is 0 Å². The van der Waals surface area contributed by atoms with Crippen LogP contribution in [0.2, 0.25) is 5.02 Å². The molecular weight excluding hydrogens is 254 g/mol. The molecule has 0 saturated carbocycles. The molecule has 1 aliphatic rings. The Hall–Kier alpha value is -1.75. The SMILES string of the molecule is CN1CC(=O)N(Cc2cc(N)ccc2Cl)CC1=O. The van der Waals surface area contributed by atoms with Gasteiger partial charge in [-0.3, -0.25) is 9.59 Å². The number of likely N-dealkylation sites (N-methyl/N-ethyl adjacent to an activating group) is 1. The Morgan fingerprint density at radius 3 is 2.72 bits per heavy atom. The van der Waals surface area contributed by atoms with Gasteiger partial charge in [-0.25, -0.2) is 0 Å². The van der Waals surface area contributed by atoms with Gasteiger partial charge in [0.15, 0.2) is 0 Å². The lowest BCUT2D eigenvalue weighted by atomic mass is 10.1. The molecule has 96 valence electrons. The lowest BCUT2D eigenvalue weighted by Gasteiger charge is -2.31. The molecule has 1 aromatic rings. The predicted octanol–water partition coefficient (Wildman–Crippen LogP) is 0.723. The van der Waals surface area contributed by atoms with Crippen molar-refractivity contribution >= 4 is 29.1 Å². The standard InChI is InChI=1S/C12H14ClN3O2/c1-15-6-12(18)16(7-11(15)17)5-8-4-9(14)2-3-10(8)13/h2-4H,5-7,14H2,1H3. The molecule has 0 bridgehead atoms. The van der Waals surface area contributed by atoms with Crippen LogP contribution in [-0.4, -0.2) is 41.8 Å². The van der Waals surface area contributed by atoms with Crippen LogP contribution in [0.4, 0.5) is 5.69 Å². The van der Waals surface area contributed by atoms with E-state index in [4.69, 9.17) is 17.3 Å². The summed E-state index contributed by atoms with van der Waals surface area (Å²) in [4.78, 5) is 26.3. The fraction of sp³-hybridized carbons (Fsp3) is 0.333. The fourth-order valence-corrected chi connectivity index (χ4v) is 2.01. The number of carbonyl (C=O) groups is 2. The second-order valence-corrected chi connectivity index (χ2v) is 4.76. The van der Waals surface area contributed by atoms with Gasteiger partial charge in [-0.05, 0) is 23.8 Å². The van der Waals surface area contributed by atoms with E-state index in [-0.39, 0.29) is 24.9 Å². The van der Waals surface area contributed by atoms with E-state index in [0.29, 0.717) is 17.3 Å². The van der Waals surface area contributed by atoms with E-state index < -0.39 is 0 Å². The normalized spacial score (nSPS) is 16.3. The minimum Gasteiger partial charge on any atom is -0.399 e. The molecule has 0 aliphatic carbocycles. The predicted molar refractivity (Wildman–Crippen MR) is 68.9 cm³/mol. The number of hydrogen-bond donors (Lipinski definition) is 1. The molecule has 18 heavy (non-hydrogen) atoms. The molecule has 0 atom stereocenters. The largest absolute Gasteiger partial charge is 0.399 e. The quantitative estimate of drug-likeness (QED) is 0.803. The summed E-state index contributed by atoms with van der Waals surface area (Å²) in [6.45, 7) is 0.502. The third kappa shape index (κ3) is 2.56. The van der Waals surface area contributed by atoms with Crippen LogP contribution in [0.5, 0.6) is 0 Å². The van der Waals surface area contributed by atoms with Crippen LogP contribution in [0, 0.1) is 0 Å². The second-order valence-electron chi connectivity index (χ2n) is 4.35. The van der Waals surface area contributed by atoms with Gasteiger partial charge in [-0.1, -0.05) is 11.6 Å². The molecule has 0 spiro atoms. The van der Waals surface area contributed by atoms with Crippen molar-refractivity contribution in [3.8, 4) is 0 Å². The smallest absolute Gasteiger partial charge is 0.242 e. The van der Waals surface area contributed by atoms with Crippen LogP contribution in [0.25, 0.3) is 0 Å². The zero-order valence-corrected chi connectivity index (χ0v) is 10.8. The van der Waals surface area contributed by atoms with Crippen LogP contribution in [0.3, 0.4) is 0 Å². The molecule has 1 heterocycles. The summed E-state index contributed by atoms with van der Waals surface area (Å²) in [6.07, 6.45) is 0. The van der Waals surface area contributed by atoms with Crippen molar-refractivity contribution in [2.75, 3.05) is 25.9 Å². The molecule has 2 amide bonds. The highest BCUT2D eigenvalue weighted by molar-refractivity contribution is 6.31. The molecule has 1 saturated heterocycles. The Morgan fingerprint density at radius 2 is 2.00 bits per heavy atom. The minimum absolute atomic E-state index is 0.0744. The van der Waals surface area contributed by atoms with E-state index in [9.17, 15) is 9.59 Å². The number of piperazine rings is 1. The Kier molecular flexibility index (Phi) is 3.43. The van der Waals surface area contributed by atoms with E-state index in [2.05, 4.69) is 0 Å². The van der Waals surface area contributed by atoms with Crippen molar-refractivity contribution in [2.24, 2.45) is 0 Å². The van der Waals surface area contributed by atoms with Gasteiger partial charge in [0.1, 0.15) is 6.54 Å². The maximum atomic E-state index is 11.8. The number of carbonyl (C=O) groups excluding carboxylic acids is 2. The van der Waals surface area contributed by atoms with E-state index in [1.807, 2.05) is 0 Å². The summed E-state index contributed by atoms with van der Waals surface area (Å²) < 4.78 is 0. The van der Waals surface area contributed by atoms with Crippen molar-refractivity contribution < 1.29 is 9.59 Å². The highest BCUT2D eigenvalue weighted by atomic mass is 35.5. The van der Waals surface area contributed by atoms with E-state index in [1.165, 1.54) is 9.80 Å². The first-order valence-electron chi connectivity index (χ1n) is 5.53. The Balaban J connectivity index is 2.16. The summed E-state index contributed by atoms with van der Waals surface area (Å²) >= 11 is 6.04. The molecule has 0 unspecified atom stereocenters. The molecule has 1 aliphatic heterocycles. The highest BCUT2D eigenvalue weighted by Gasteiger charge is 2.27. The monoisotopic (exact) mass is 267 g/mol. The molecule has 0 radical (unpaired) electrons. The topological polar surface area (TPSA) is 66.6 Å².